The smallest absolute Gasteiger partial charge is 0.338 e. The van der Waals surface area contributed by atoms with Gasteiger partial charge < -0.3 is 20.1 Å². The Morgan fingerprint density at radius 2 is 1.79 bits per heavy atom. The molecule has 1 aromatic heterocycles. The number of anilines is 4. The van der Waals surface area contributed by atoms with E-state index in [2.05, 4.69) is 20.6 Å². The predicted octanol–water partition coefficient (Wildman–Crippen LogP) is 5.27. The normalized spacial score (nSPS) is 13.5. The maximum atomic E-state index is 12.8. The van der Waals surface area contributed by atoms with Crippen LogP contribution in [-0.4, -0.2) is 40.3 Å². The van der Waals surface area contributed by atoms with Gasteiger partial charge in [-0.25, -0.2) is 4.98 Å². The Labute approximate surface area is 198 Å². The third-order valence-electron chi connectivity index (χ3n) is 5.20. The second kappa shape index (κ2) is 8.92. The second-order valence-electron chi connectivity index (χ2n) is 8.15. The van der Waals surface area contributed by atoms with Gasteiger partial charge in [0.15, 0.2) is 5.82 Å². The molecule has 178 valence electrons. The zero-order valence-corrected chi connectivity index (χ0v) is 19.8. The number of alkyl halides is 3. The molecule has 0 saturated carbocycles. The highest BCUT2D eigenvalue weighted by molar-refractivity contribution is 7.70. The molecule has 0 atom stereocenters. The molecule has 1 aliphatic heterocycles. The summed E-state index contributed by atoms with van der Waals surface area (Å²) < 4.78 is 50.9. The first-order valence-electron chi connectivity index (χ1n) is 10.1. The van der Waals surface area contributed by atoms with Crippen LogP contribution in [0, 0.1) is 0 Å². The lowest BCUT2D eigenvalue weighted by atomic mass is 10.1. The van der Waals surface area contributed by atoms with Crippen molar-refractivity contribution >= 4 is 53.1 Å². The zero-order valence-electron chi connectivity index (χ0n) is 18.2. The monoisotopic (exact) mass is 509 g/mol. The van der Waals surface area contributed by atoms with Crippen molar-refractivity contribution in [1.82, 2.24) is 14.9 Å². The fraction of sp³-hybridized carbons (Fsp3) is 0.227. The third kappa shape index (κ3) is 5.18. The summed E-state index contributed by atoms with van der Waals surface area (Å²) >= 11 is 6.26. The Kier molecular flexibility index (Phi) is 6.31. The molecule has 0 bridgehead atoms. The number of benzene rings is 2. The largest absolute Gasteiger partial charge is 0.471 e. The predicted molar refractivity (Wildman–Crippen MR) is 126 cm³/mol. The SMILES string of the molecule is CP(C)(=O)c1ccccc1Nc1nc(Nc2ccc3c(c2)CN(C(=O)C(F)(F)F)C3)ncc1Cl. The van der Waals surface area contributed by atoms with Crippen LogP contribution in [0.3, 0.4) is 0 Å². The van der Waals surface area contributed by atoms with E-state index in [0.717, 1.165) is 4.90 Å². The molecule has 2 N–H and O–H groups in total. The van der Waals surface area contributed by atoms with Gasteiger partial charge in [-0.15, -0.1) is 0 Å². The van der Waals surface area contributed by atoms with Crippen LogP contribution in [0.1, 0.15) is 11.1 Å². The van der Waals surface area contributed by atoms with E-state index in [-0.39, 0.29) is 24.1 Å². The number of nitrogens with zero attached hydrogens (tertiary/aromatic N) is 3. The number of hydrogen-bond donors (Lipinski definition) is 2. The molecule has 0 aliphatic carbocycles. The van der Waals surface area contributed by atoms with E-state index >= 15 is 0 Å². The summed E-state index contributed by atoms with van der Waals surface area (Å²) in [6.07, 6.45) is -3.51. The lowest BCUT2D eigenvalue weighted by Gasteiger charge is -2.16. The van der Waals surface area contributed by atoms with E-state index in [1.165, 1.54) is 6.20 Å². The molecule has 7 nitrogen and oxygen atoms in total. The van der Waals surface area contributed by atoms with Crippen LogP contribution in [0.15, 0.2) is 48.7 Å². The van der Waals surface area contributed by atoms with Crippen molar-refractivity contribution in [2.24, 2.45) is 0 Å². The molecule has 0 fully saturated rings. The summed E-state index contributed by atoms with van der Waals surface area (Å²) in [6.45, 7) is 3.10. The molecular formula is C22H20ClF3N5O2P. The van der Waals surface area contributed by atoms with Crippen molar-refractivity contribution in [2.45, 2.75) is 19.3 Å². The van der Waals surface area contributed by atoms with Gasteiger partial charge in [0.05, 0.1) is 11.9 Å². The van der Waals surface area contributed by atoms with E-state index < -0.39 is 19.2 Å². The molecule has 2 heterocycles. The average Bonchev–Trinajstić information content (AvgIpc) is 3.18. The van der Waals surface area contributed by atoms with Gasteiger partial charge in [-0.1, -0.05) is 29.8 Å². The van der Waals surface area contributed by atoms with Crippen molar-refractivity contribution in [3.8, 4) is 0 Å². The van der Waals surface area contributed by atoms with Crippen molar-refractivity contribution in [3.63, 3.8) is 0 Å². The van der Waals surface area contributed by atoms with Crippen molar-refractivity contribution in [2.75, 3.05) is 24.0 Å². The maximum absolute atomic E-state index is 12.8. The maximum Gasteiger partial charge on any atom is 0.471 e. The Morgan fingerprint density at radius 1 is 1.09 bits per heavy atom. The Balaban J connectivity index is 1.54. The third-order valence-corrected chi connectivity index (χ3v) is 7.02. The van der Waals surface area contributed by atoms with Crippen LogP contribution in [0.5, 0.6) is 0 Å². The van der Waals surface area contributed by atoms with Gasteiger partial charge in [0.1, 0.15) is 12.2 Å². The molecule has 3 aromatic rings. The van der Waals surface area contributed by atoms with E-state index in [4.69, 9.17) is 11.6 Å². The summed E-state index contributed by atoms with van der Waals surface area (Å²) in [7, 11) is -2.57. The average molecular weight is 510 g/mol. The minimum atomic E-state index is -4.91. The summed E-state index contributed by atoms with van der Waals surface area (Å²) in [5.74, 6) is -1.37. The van der Waals surface area contributed by atoms with Gasteiger partial charge >= 0.3 is 12.1 Å². The van der Waals surface area contributed by atoms with E-state index in [1.54, 1.807) is 55.8 Å². The number of nitrogens with one attached hydrogen (secondary N) is 2. The number of carbonyl (C=O) groups excluding carboxylic acids is 1. The molecular weight excluding hydrogens is 490 g/mol. The molecule has 34 heavy (non-hydrogen) atoms. The highest BCUT2D eigenvalue weighted by Gasteiger charge is 2.44. The molecule has 0 radical (unpaired) electrons. The zero-order chi connectivity index (χ0) is 24.7. The van der Waals surface area contributed by atoms with Gasteiger partial charge in [-0.05, 0) is 48.7 Å². The number of para-hydroxylation sites is 1. The van der Waals surface area contributed by atoms with Gasteiger partial charge in [0.2, 0.25) is 5.95 Å². The Hall–Kier alpha value is -3.10. The fourth-order valence-electron chi connectivity index (χ4n) is 3.62. The van der Waals surface area contributed by atoms with Gasteiger partial charge in [0, 0.05) is 24.1 Å². The lowest BCUT2D eigenvalue weighted by Crippen LogP contribution is -2.37. The first-order chi connectivity index (χ1) is 15.9. The Bertz CT molecular complexity index is 1310. The highest BCUT2D eigenvalue weighted by atomic mass is 35.5. The number of aromatic nitrogens is 2. The molecule has 4 rings (SSSR count). The highest BCUT2D eigenvalue weighted by Crippen LogP contribution is 2.38. The summed E-state index contributed by atoms with van der Waals surface area (Å²) in [4.78, 5) is 20.8. The van der Waals surface area contributed by atoms with Crippen molar-refractivity contribution in [1.29, 1.82) is 0 Å². The Morgan fingerprint density at radius 3 is 2.50 bits per heavy atom. The molecule has 1 aliphatic rings. The first-order valence-corrected chi connectivity index (χ1v) is 13.1. The number of amides is 1. The minimum absolute atomic E-state index is 0.0996. The summed E-state index contributed by atoms with van der Waals surface area (Å²) in [5.41, 5.74) is 2.39. The molecule has 0 spiro atoms. The van der Waals surface area contributed by atoms with Crippen molar-refractivity contribution in [3.05, 3.63) is 64.8 Å². The van der Waals surface area contributed by atoms with Crippen LogP contribution < -0.4 is 15.9 Å². The topological polar surface area (TPSA) is 87.2 Å². The second-order valence-corrected chi connectivity index (χ2v) is 11.7. The number of hydrogen-bond acceptors (Lipinski definition) is 6. The minimum Gasteiger partial charge on any atom is -0.338 e. The van der Waals surface area contributed by atoms with Gasteiger partial charge in [-0.2, -0.15) is 18.2 Å². The van der Waals surface area contributed by atoms with Crippen molar-refractivity contribution < 1.29 is 22.5 Å². The van der Waals surface area contributed by atoms with Crippen LogP contribution in [0.4, 0.5) is 36.3 Å². The number of halogens is 4. The quantitative estimate of drug-likeness (QED) is 0.456. The standard InChI is InChI=1S/C22H20ClF3N5O2P/c1-34(2,33)18-6-4-3-5-17(18)29-19-16(23)10-27-21(30-19)28-15-8-7-13-11-31(12-14(13)9-15)20(32)22(24,25)26/h3-10H,11-12H2,1-2H3,(H2,27,28,29,30). The van der Waals surface area contributed by atoms with E-state index in [1.807, 2.05) is 0 Å². The van der Waals surface area contributed by atoms with Gasteiger partial charge in [-0.3, -0.25) is 4.79 Å². The van der Waals surface area contributed by atoms with Crippen LogP contribution in [0.2, 0.25) is 5.02 Å². The molecule has 0 unspecified atom stereocenters. The number of fused-ring (bicyclic) bond motifs is 1. The molecule has 2 aromatic carbocycles. The van der Waals surface area contributed by atoms with Gasteiger partial charge in [0.25, 0.3) is 0 Å². The summed E-state index contributed by atoms with van der Waals surface area (Å²) in [6, 6.07) is 12.1. The number of rotatable bonds is 5. The molecule has 12 heteroatoms. The fourth-order valence-corrected chi connectivity index (χ4v) is 4.91. The lowest BCUT2D eigenvalue weighted by molar-refractivity contribution is -0.186. The molecule has 1 amide bonds. The van der Waals surface area contributed by atoms with Crippen LogP contribution in [0.25, 0.3) is 0 Å². The molecule has 0 saturated heterocycles. The van der Waals surface area contributed by atoms with E-state index in [0.29, 0.717) is 33.6 Å². The summed E-state index contributed by atoms with van der Waals surface area (Å²) in [5, 5.41) is 7.00. The van der Waals surface area contributed by atoms with Crippen LogP contribution >= 0.6 is 18.7 Å². The van der Waals surface area contributed by atoms with Crippen LogP contribution in [-0.2, 0) is 22.4 Å². The number of carbonyl (C=O) groups is 1. The van der Waals surface area contributed by atoms with E-state index in [9.17, 15) is 22.5 Å². The first kappa shape index (κ1) is 24.0.